The molecule has 0 bridgehead atoms. The number of nitrogens with one attached hydrogen (secondary N) is 1. The summed E-state index contributed by atoms with van der Waals surface area (Å²) in [5, 5.41) is 0. The van der Waals surface area contributed by atoms with Crippen molar-refractivity contribution in [1.82, 2.24) is 9.62 Å². The number of nitrogens with two attached hydrogens (primary N) is 1. The highest BCUT2D eigenvalue weighted by Crippen LogP contribution is 2.17. The minimum atomic E-state index is -3.54. The van der Waals surface area contributed by atoms with E-state index in [9.17, 15) is 8.42 Å². The van der Waals surface area contributed by atoms with E-state index in [1.165, 1.54) is 6.07 Å². The smallest absolute Gasteiger partial charge is 0.242 e. The van der Waals surface area contributed by atoms with Crippen LogP contribution in [0.1, 0.15) is 33.6 Å². The Morgan fingerprint density at radius 2 is 1.86 bits per heavy atom. The van der Waals surface area contributed by atoms with E-state index in [-0.39, 0.29) is 16.6 Å². The quantitative estimate of drug-likeness (QED) is 0.684. The Morgan fingerprint density at radius 1 is 1.24 bits per heavy atom. The number of rotatable bonds is 9. The van der Waals surface area contributed by atoms with Gasteiger partial charge in [0.2, 0.25) is 10.0 Å². The first-order chi connectivity index (χ1) is 9.90. The molecule has 3 N–H and O–H groups in total. The number of para-hydroxylation sites is 1. The highest BCUT2D eigenvalue weighted by Gasteiger charge is 2.19. The van der Waals surface area contributed by atoms with Gasteiger partial charge in [-0.05, 0) is 51.5 Å². The van der Waals surface area contributed by atoms with Gasteiger partial charge in [-0.2, -0.15) is 0 Å². The Bertz CT molecular complexity index is 527. The van der Waals surface area contributed by atoms with Gasteiger partial charge in [0.15, 0.2) is 0 Å². The maximum atomic E-state index is 12.3. The molecule has 5 nitrogen and oxygen atoms in total. The van der Waals surface area contributed by atoms with Crippen molar-refractivity contribution in [2.75, 3.05) is 25.4 Å². The fourth-order valence-corrected chi connectivity index (χ4v) is 3.68. The van der Waals surface area contributed by atoms with Crippen molar-refractivity contribution >= 4 is 15.7 Å². The van der Waals surface area contributed by atoms with E-state index in [4.69, 9.17) is 5.73 Å². The summed E-state index contributed by atoms with van der Waals surface area (Å²) >= 11 is 0. The molecule has 0 aliphatic rings. The van der Waals surface area contributed by atoms with E-state index in [0.717, 1.165) is 32.5 Å². The maximum absolute atomic E-state index is 12.3. The number of benzene rings is 1. The lowest BCUT2D eigenvalue weighted by Gasteiger charge is -2.20. The van der Waals surface area contributed by atoms with E-state index in [1.54, 1.807) is 18.2 Å². The van der Waals surface area contributed by atoms with Gasteiger partial charge >= 0.3 is 0 Å². The number of hydrogen-bond donors (Lipinski definition) is 2. The van der Waals surface area contributed by atoms with Crippen molar-refractivity contribution in [3.63, 3.8) is 0 Å². The molecular weight excluding hydrogens is 286 g/mol. The summed E-state index contributed by atoms with van der Waals surface area (Å²) < 4.78 is 27.2. The van der Waals surface area contributed by atoms with Crippen molar-refractivity contribution in [1.29, 1.82) is 0 Å². The van der Waals surface area contributed by atoms with Crippen molar-refractivity contribution in [2.45, 2.75) is 44.6 Å². The molecule has 120 valence electrons. The second kappa shape index (κ2) is 8.36. The zero-order chi connectivity index (χ0) is 15.9. The predicted octanol–water partition coefficient (Wildman–Crippen LogP) is 2.06. The Labute approximate surface area is 128 Å². The standard InChI is InChI=1S/C15H27N3O2S/c1-4-18(5-2)12-8-9-13(3)17-21(19,20)15-11-7-6-10-14(15)16/h6-7,10-11,13,17H,4-5,8-9,12,16H2,1-3H3. The minimum Gasteiger partial charge on any atom is -0.398 e. The second-order valence-electron chi connectivity index (χ2n) is 5.23. The number of anilines is 1. The van der Waals surface area contributed by atoms with Crippen molar-refractivity contribution in [3.05, 3.63) is 24.3 Å². The molecule has 0 aliphatic carbocycles. The monoisotopic (exact) mass is 313 g/mol. The van der Waals surface area contributed by atoms with Gasteiger partial charge in [-0.25, -0.2) is 13.1 Å². The highest BCUT2D eigenvalue weighted by atomic mass is 32.2. The predicted molar refractivity (Wildman–Crippen MR) is 87.7 cm³/mol. The van der Waals surface area contributed by atoms with E-state index in [0.29, 0.717) is 0 Å². The number of hydrogen-bond acceptors (Lipinski definition) is 4. The molecule has 0 spiro atoms. The Hall–Kier alpha value is -1.11. The van der Waals surface area contributed by atoms with E-state index >= 15 is 0 Å². The first-order valence-corrected chi connectivity index (χ1v) is 8.98. The fraction of sp³-hybridized carbons (Fsp3) is 0.600. The van der Waals surface area contributed by atoms with Crippen LogP contribution in [0.25, 0.3) is 0 Å². The molecule has 1 unspecified atom stereocenters. The molecule has 6 heteroatoms. The van der Waals surface area contributed by atoms with Gasteiger partial charge in [0, 0.05) is 6.04 Å². The minimum absolute atomic E-state index is 0.106. The molecule has 1 aromatic carbocycles. The van der Waals surface area contributed by atoms with Crippen molar-refractivity contribution in [2.24, 2.45) is 0 Å². The maximum Gasteiger partial charge on any atom is 0.242 e. The normalized spacial score (nSPS) is 13.5. The van der Waals surface area contributed by atoms with Gasteiger partial charge in [0.05, 0.1) is 5.69 Å². The molecule has 0 aliphatic heterocycles. The Morgan fingerprint density at radius 3 is 2.43 bits per heavy atom. The largest absolute Gasteiger partial charge is 0.398 e. The van der Waals surface area contributed by atoms with Gasteiger partial charge in [-0.3, -0.25) is 0 Å². The molecule has 0 radical (unpaired) electrons. The van der Waals surface area contributed by atoms with Crippen LogP contribution in [0.4, 0.5) is 5.69 Å². The van der Waals surface area contributed by atoms with E-state index < -0.39 is 10.0 Å². The zero-order valence-corrected chi connectivity index (χ0v) is 14.0. The second-order valence-corrected chi connectivity index (χ2v) is 6.91. The summed E-state index contributed by atoms with van der Waals surface area (Å²) in [6.07, 6.45) is 1.78. The van der Waals surface area contributed by atoms with Crippen LogP contribution in [0, 0.1) is 0 Å². The molecule has 0 amide bonds. The van der Waals surface area contributed by atoms with Crippen LogP contribution in [0.3, 0.4) is 0 Å². The molecule has 21 heavy (non-hydrogen) atoms. The van der Waals surface area contributed by atoms with Crippen LogP contribution in [0.2, 0.25) is 0 Å². The third-order valence-corrected chi connectivity index (χ3v) is 5.23. The SMILES string of the molecule is CCN(CC)CCCC(C)NS(=O)(=O)c1ccccc1N. The fourth-order valence-electron chi connectivity index (χ4n) is 2.27. The van der Waals surface area contributed by atoms with Gasteiger partial charge < -0.3 is 10.6 Å². The highest BCUT2D eigenvalue weighted by molar-refractivity contribution is 7.89. The summed E-state index contributed by atoms with van der Waals surface area (Å²) in [6, 6.07) is 6.42. The van der Waals surface area contributed by atoms with Gasteiger partial charge in [0.1, 0.15) is 4.90 Å². The first kappa shape index (κ1) is 17.9. The number of nitrogen functional groups attached to an aromatic ring is 1. The van der Waals surface area contributed by atoms with Crippen molar-refractivity contribution in [3.8, 4) is 0 Å². The molecule has 0 heterocycles. The molecule has 0 saturated heterocycles. The summed E-state index contributed by atoms with van der Waals surface area (Å²) in [7, 11) is -3.54. The summed E-state index contributed by atoms with van der Waals surface area (Å²) in [6.45, 7) is 9.20. The van der Waals surface area contributed by atoms with Crippen molar-refractivity contribution < 1.29 is 8.42 Å². The lowest BCUT2D eigenvalue weighted by atomic mass is 10.2. The van der Waals surface area contributed by atoms with Crippen LogP contribution < -0.4 is 10.5 Å². The van der Waals surface area contributed by atoms with Crippen LogP contribution in [-0.4, -0.2) is 39.0 Å². The van der Waals surface area contributed by atoms with Crippen LogP contribution in [0.15, 0.2) is 29.2 Å². The number of nitrogens with zero attached hydrogens (tertiary/aromatic N) is 1. The van der Waals surface area contributed by atoms with Gasteiger partial charge in [-0.1, -0.05) is 26.0 Å². The molecule has 1 rings (SSSR count). The third kappa shape index (κ3) is 5.65. The third-order valence-electron chi connectivity index (χ3n) is 3.57. The average Bonchev–Trinajstić information content (AvgIpc) is 2.43. The van der Waals surface area contributed by atoms with Gasteiger partial charge in [-0.15, -0.1) is 0 Å². The zero-order valence-electron chi connectivity index (χ0n) is 13.2. The molecule has 0 saturated carbocycles. The van der Waals surface area contributed by atoms with E-state index in [1.807, 2.05) is 6.92 Å². The van der Waals surface area contributed by atoms with Crippen LogP contribution >= 0.6 is 0 Å². The van der Waals surface area contributed by atoms with Crippen LogP contribution in [0.5, 0.6) is 0 Å². The van der Waals surface area contributed by atoms with Gasteiger partial charge in [0.25, 0.3) is 0 Å². The molecule has 0 fully saturated rings. The first-order valence-electron chi connectivity index (χ1n) is 7.49. The Balaban J connectivity index is 2.54. The summed E-state index contributed by atoms with van der Waals surface area (Å²) in [4.78, 5) is 2.48. The summed E-state index contributed by atoms with van der Waals surface area (Å²) in [5.41, 5.74) is 6.01. The average molecular weight is 313 g/mol. The molecule has 0 aromatic heterocycles. The summed E-state index contributed by atoms with van der Waals surface area (Å²) in [5.74, 6) is 0. The molecule has 1 aromatic rings. The number of sulfonamides is 1. The van der Waals surface area contributed by atoms with Crippen LogP contribution in [-0.2, 0) is 10.0 Å². The lowest BCUT2D eigenvalue weighted by Crippen LogP contribution is -2.34. The molecular formula is C15H27N3O2S. The lowest BCUT2D eigenvalue weighted by molar-refractivity contribution is 0.293. The topological polar surface area (TPSA) is 75.4 Å². The Kier molecular flexibility index (Phi) is 7.14. The molecule has 1 atom stereocenters. The van der Waals surface area contributed by atoms with E-state index in [2.05, 4.69) is 23.5 Å².